The Labute approximate surface area is 133 Å². The monoisotopic (exact) mass is 348 g/mol. The van der Waals surface area contributed by atoms with E-state index in [0.29, 0.717) is 18.6 Å². The number of benzene rings is 1. The van der Waals surface area contributed by atoms with Crippen molar-refractivity contribution in [3.63, 3.8) is 0 Å². The number of rotatable bonds is 6. The van der Waals surface area contributed by atoms with E-state index < -0.39 is 22.0 Å². The number of methoxy groups -OCH3 is 1. The number of carbonyl (C=O) groups is 1. The minimum atomic E-state index is -3.72. The molecule has 2 atom stereocenters. The van der Waals surface area contributed by atoms with E-state index in [2.05, 4.69) is 4.72 Å². The van der Waals surface area contributed by atoms with Gasteiger partial charge < -0.3 is 15.2 Å². The topological polar surface area (TPSA) is 108 Å². The first-order chi connectivity index (χ1) is 10.3. The molecule has 2 unspecified atom stereocenters. The van der Waals surface area contributed by atoms with Crippen molar-refractivity contribution < 1.29 is 22.7 Å². The van der Waals surface area contributed by atoms with Crippen molar-refractivity contribution in [2.75, 3.05) is 13.7 Å². The highest BCUT2D eigenvalue weighted by Gasteiger charge is 2.30. The van der Waals surface area contributed by atoms with Crippen LogP contribution in [0.4, 0.5) is 0 Å². The molecule has 0 bridgehead atoms. The number of sulfonamides is 1. The molecule has 0 aromatic heterocycles. The van der Waals surface area contributed by atoms with Crippen LogP contribution in [0.2, 0.25) is 5.02 Å². The van der Waals surface area contributed by atoms with Crippen molar-refractivity contribution in [2.45, 2.75) is 29.9 Å². The van der Waals surface area contributed by atoms with E-state index in [9.17, 15) is 13.2 Å². The van der Waals surface area contributed by atoms with Gasteiger partial charge in [-0.25, -0.2) is 13.1 Å². The third-order valence-electron chi connectivity index (χ3n) is 3.36. The number of nitrogens with two attached hydrogens (primary N) is 1. The zero-order chi connectivity index (χ0) is 16.3. The summed E-state index contributed by atoms with van der Waals surface area (Å²) in [6.45, 7) is 0.0652. The fourth-order valence-electron chi connectivity index (χ4n) is 2.17. The first-order valence-electron chi connectivity index (χ1n) is 6.61. The molecule has 1 aromatic carbocycles. The molecule has 1 amide bonds. The minimum absolute atomic E-state index is 0.0303. The average Bonchev–Trinajstić information content (AvgIpc) is 2.94. The second-order valence-electron chi connectivity index (χ2n) is 4.87. The zero-order valence-corrected chi connectivity index (χ0v) is 13.5. The Bertz CT molecular complexity index is 664. The highest BCUT2D eigenvalue weighted by Crippen LogP contribution is 2.27. The molecule has 1 saturated heterocycles. The van der Waals surface area contributed by atoms with Crippen LogP contribution in [0.25, 0.3) is 0 Å². The molecule has 0 saturated carbocycles. The fraction of sp³-hybridized carbons (Fsp3) is 0.462. The second-order valence-corrected chi connectivity index (χ2v) is 7.05. The summed E-state index contributed by atoms with van der Waals surface area (Å²) < 4.78 is 37.2. The molecule has 1 fully saturated rings. The van der Waals surface area contributed by atoms with Crippen molar-refractivity contribution in [3.05, 3.63) is 23.2 Å². The summed E-state index contributed by atoms with van der Waals surface area (Å²) in [6, 6.07) is 4.19. The number of ether oxygens (including phenoxy) is 2. The number of primary amides is 1. The lowest BCUT2D eigenvalue weighted by atomic mass is 10.2. The van der Waals surface area contributed by atoms with E-state index in [1.807, 2.05) is 0 Å². The number of hydrogen-bond acceptors (Lipinski definition) is 5. The average molecular weight is 349 g/mol. The van der Waals surface area contributed by atoms with Gasteiger partial charge in [0.25, 0.3) is 0 Å². The fourth-order valence-corrected chi connectivity index (χ4v) is 3.58. The van der Waals surface area contributed by atoms with Crippen molar-refractivity contribution in [1.29, 1.82) is 0 Å². The predicted octanol–water partition coefficient (Wildman–Crippen LogP) is 0.660. The molecule has 0 aliphatic carbocycles. The smallest absolute Gasteiger partial charge is 0.246 e. The van der Waals surface area contributed by atoms with Gasteiger partial charge in [0, 0.05) is 6.54 Å². The van der Waals surface area contributed by atoms with Gasteiger partial charge in [0.1, 0.15) is 11.9 Å². The number of nitrogens with one attached hydrogen (secondary N) is 1. The standard InChI is InChI=1S/C13H17ClN2O5S/c1-20-11-5-3-9(6-10(11)14)22(18,19)16-7-8-2-4-12(21-8)13(15)17/h3,5-6,8,12,16H,2,4,7H2,1H3,(H2,15,17). The molecule has 3 N–H and O–H groups in total. The molecule has 22 heavy (non-hydrogen) atoms. The summed E-state index contributed by atoms with van der Waals surface area (Å²) in [5, 5.41) is 0.205. The maximum Gasteiger partial charge on any atom is 0.246 e. The van der Waals surface area contributed by atoms with Crippen LogP contribution in [0.5, 0.6) is 5.75 Å². The van der Waals surface area contributed by atoms with Crippen LogP contribution in [0.3, 0.4) is 0 Å². The van der Waals surface area contributed by atoms with E-state index in [1.165, 1.54) is 25.3 Å². The van der Waals surface area contributed by atoms with Gasteiger partial charge in [-0.05, 0) is 31.0 Å². The predicted molar refractivity (Wildman–Crippen MR) is 80.3 cm³/mol. The molecule has 1 aliphatic rings. The molecule has 7 nitrogen and oxygen atoms in total. The Morgan fingerprint density at radius 3 is 2.77 bits per heavy atom. The summed E-state index contributed by atoms with van der Waals surface area (Å²) in [5.41, 5.74) is 5.15. The Balaban J connectivity index is 2.00. The van der Waals surface area contributed by atoms with E-state index in [0.717, 1.165) is 0 Å². The van der Waals surface area contributed by atoms with Crippen LogP contribution < -0.4 is 15.2 Å². The molecule has 122 valence electrons. The Kier molecular flexibility index (Phi) is 5.28. The van der Waals surface area contributed by atoms with Gasteiger partial charge >= 0.3 is 0 Å². The number of halogens is 1. The molecule has 9 heteroatoms. The van der Waals surface area contributed by atoms with Crippen LogP contribution in [0.15, 0.2) is 23.1 Å². The third kappa shape index (κ3) is 3.89. The van der Waals surface area contributed by atoms with Crippen LogP contribution >= 0.6 is 11.6 Å². The van der Waals surface area contributed by atoms with E-state index in [-0.39, 0.29) is 22.6 Å². The molecule has 2 rings (SSSR count). The number of amides is 1. The van der Waals surface area contributed by atoms with E-state index in [4.69, 9.17) is 26.8 Å². The highest BCUT2D eigenvalue weighted by molar-refractivity contribution is 7.89. The number of hydrogen-bond donors (Lipinski definition) is 2. The zero-order valence-electron chi connectivity index (χ0n) is 11.9. The number of carbonyl (C=O) groups excluding carboxylic acids is 1. The molecule has 0 radical (unpaired) electrons. The maximum atomic E-state index is 12.2. The van der Waals surface area contributed by atoms with Crippen molar-refractivity contribution in [3.8, 4) is 5.75 Å². The quantitative estimate of drug-likeness (QED) is 0.785. The van der Waals surface area contributed by atoms with Crippen molar-refractivity contribution >= 4 is 27.5 Å². The third-order valence-corrected chi connectivity index (χ3v) is 5.08. The van der Waals surface area contributed by atoms with Gasteiger partial charge in [-0.2, -0.15) is 0 Å². The van der Waals surface area contributed by atoms with Crippen molar-refractivity contribution in [2.24, 2.45) is 5.73 Å². The molecule has 1 aromatic rings. The largest absolute Gasteiger partial charge is 0.495 e. The van der Waals surface area contributed by atoms with Crippen molar-refractivity contribution in [1.82, 2.24) is 4.72 Å². The van der Waals surface area contributed by atoms with Gasteiger partial charge in [0.2, 0.25) is 15.9 Å². The SMILES string of the molecule is COc1ccc(S(=O)(=O)NCC2CCC(C(N)=O)O2)cc1Cl. The highest BCUT2D eigenvalue weighted by atomic mass is 35.5. The van der Waals surface area contributed by atoms with E-state index in [1.54, 1.807) is 0 Å². The molecule has 1 heterocycles. The van der Waals surface area contributed by atoms with Crippen LogP contribution in [-0.2, 0) is 19.6 Å². The summed E-state index contributed by atoms with van der Waals surface area (Å²) >= 11 is 5.92. The second kappa shape index (κ2) is 6.82. The molecule has 0 spiro atoms. The summed E-state index contributed by atoms with van der Waals surface area (Å²) in [7, 11) is -2.27. The lowest BCUT2D eigenvalue weighted by Gasteiger charge is -2.13. The van der Waals surface area contributed by atoms with Crippen LogP contribution in [0.1, 0.15) is 12.8 Å². The Hall–Kier alpha value is -1.35. The Morgan fingerprint density at radius 2 is 2.23 bits per heavy atom. The minimum Gasteiger partial charge on any atom is -0.495 e. The lowest BCUT2D eigenvalue weighted by molar-refractivity contribution is -0.128. The first-order valence-corrected chi connectivity index (χ1v) is 8.47. The summed E-state index contributed by atoms with van der Waals surface area (Å²) in [4.78, 5) is 11.0. The molecular formula is C13H17ClN2O5S. The molecular weight excluding hydrogens is 332 g/mol. The first kappa shape index (κ1) is 17.0. The summed E-state index contributed by atoms with van der Waals surface area (Å²) in [6.07, 6.45) is 0.0428. The lowest BCUT2D eigenvalue weighted by Crippen LogP contribution is -2.34. The van der Waals surface area contributed by atoms with Gasteiger partial charge in [-0.1, -0.05) is 11.6 Å². The molecule has 1 aliphatic heterocycles. The van der Waals surface area contributed by atoms with Crippen LogP contribution in [-0.4, -0.2) is 40.2 Å². The van der Waals surface area contributed by atoms with Gasteiger partial charge in [0.15, 0.2) is 0 Å². The van der Waals surface area contributed by atoms with Crippen LogP contribution in [0, 0.1) is 0 Å². The van der Waals surface area contributed by atoms with Gasteiger partial charge in [0.05, 0.1) is 23.1 Å². The van der Waals surface area contributed by atoms with Gasteiger partial charge in [-0.15, -0.1) is 0 Å². The normalized spacial score (nSPS) is 21.7. The Morgan fingerprint density at radius 1 is 1.50 bits per heavy atom. The van der Waals surface area contributed by atoms with Gasteiger partial charge in [-0.3, -0.25) is 4.79 Å². The summed E-state index contributed by atoms with van der Waals surface area (Å²) in [5.74, 6) is -0.142. The van der Waals surface area contributed by atoms with E-state index >= 15 is 0 Å². The maximum absolute atomic E-state index is 12.2.